The lowest BCUT2D eigenvalue weighted by Crippen LogP contribution is -2.23. The molecule has 2 aromatic carbocycles. The number of hydrogen-bond acceptors (Lipinski definition) is 4. The highest BCUT2D eigenvalue weighted by molar-refractivity contribution is 5.65. The highest BCUT2D eigenvalue weighted by Gasteiger charge is 2.23. The van der Waals surface area contributed by atoms with Crippen LogP contribution in [0, 0.1) is 0 Å². The summed E-state index contributed by atoms with van der Waals surface area (Å²) in [5.41, 5.74) is 2.08. The molecule has 20 heavy (non-hydrogen) atoms. The Morgan fingerprint density at radius 2 is 1.75 bits per heavy atom. The molecule has 0 amide bonds. The van der Waals surface area contributed by atoms with Crippen molar-refractivity contribution in [1.82, 2.24) is 0 Å². The van der Waals surface area contributed by atoms with Gasteiger partial charge in [-0.1, -0.05) is 30.3 Å². The molecule has 1 heterocycles. The number of anilines is 1. The van der Waals surface area contributed by atoms with Crippen LogP contribution in [0.4, 0.5) is 5.69 Å². The van der Waals surface area contributed by atoms with Crippen LogP contribution in [0.2, 0.25) is 0 Å². The van der Waals surface area contributed by atoms with Crippen LogP contribution in [-0.4, -0.2) is 20.8 Å². The average Bonchev–Trinajstić information content (AvgIpc) is 2.53. The SMILES string of the molecule is COc1cc2c(cc1OC)OC(c1ccccc1)CN2. The minimum Gasteiger partial charge on any atom is -0.493 e. The van der Waals surface area contributed by atoms with Crippen LogP contribution in [0.25, 0.3) is 0 Å². The van der Waals surface area contributed by atoms with Gasteiger partial charge in [0.05, 0.1) is 26.5 Å². The van der Waals surface area contributed by atoms with Crippen LogP contribution >= 0.6 is 0 Å². The van der Waals surface area contributed by atoms with Crippen molar-refractivity contribution < 1.29 is 14.2 Å². The van der Waals surface area contributed by atoms with E-state index in [1.807, 2.05) is 30.3 Å². The normalized spacial score (nSPS) is 16.6. The second kappa shape index (κ2) is 5.33. The van der Waals surface area contributed by atoms with Crippen molar-refractivity contribution in [2.24, 2.45) is 0 Å². The lowest BCUT2D eigenvalue weighted by molar-refractivity contribution is 0.209. The molecule has 0 saturated carbocycles. The lowest BCUT2D eigenvalue weighted by atomic mass is 10.1. The number of rotatable bonds is 3. The monoisotopic (exact) mass is 271 g/mol. The summed E-state index contributed by atoms with van der Waals surface area (Å²) in [6.07, 6.45) is 0.00167. The third-order valence-corrected chi connectivity index (χ3v) is 3.40. The van der Waals surface area contributed by atoms with Gasteiger partial charge < -0.3 is 19.5 Å². The summed E-state index contributed by atoms with van der Waals surface area (Å²) >= 11 is 0. The quantitative estimate of drug-likeness (QED) is 0.930. The summed E-state index contributed by atoms with van der Waals surface area (Å²) in [4.78, 5) is 0. The minimum absolute atomic E-state index is 0.00167. The zero-order valence-corrected chi connectivity index (χ0v) is 11.6. The van der Waals surface area contributed by atoms with Gasteiger partial charge in [-0.2, -0.15) is 0 Å². The Hall–Kier alpha value is -2.36. The first-order valence-corrected chi connectivity index (χ1v) is 6.53. The number of fused-ring (bicyclic) bond motifs is 1. The van der Waals surface area contributed by atoms with Gasteiger partial charge in [0.2, 0.25) is 0 Å². The van der Waals surface area contributed by atoms with Crippen LogP contribution in [0.1, 0.15) is 11.7 Å². The Morgan fingerprint density at radius 1 is 1.05 bits per heavy atom. The molecule has 0 saturated heterocycles. The minimum atomic E-state index is 0.00167. The first kappa shape index (κ1) is 12.7. The fourth-order valence-electron chi connectivity index (χ4n) is 2.35. The predicted octanol–water partition coefficient (Wildman–Crippen LogP) is 3.25. The third kappa shape index (κ3) is 2.25. The van der Waals surface area contributed by atoms with Gasteiger partial charge in [-0.15, -0.1) is 0 Å². The van der Waals surface area contributed by atoms with E-state index in [0.717, 1.165) is 23.5 Å². The lowest BCUT2D eigenvalue weighted by Gasteiger charge is -2.28. The first-order valence-electron chi connectivity index (χ1n) is 6.53. The molecule has 4 heteroatoms. The summed E-state index contributed by atoms with van der Waals surface area (Å²) in [6, 6.07) is 13.9. The molecule has 1 unspecified atom stereocenters. The van der Waals surface area contributed by atoms with Gasteiger partial charge in [0.25, 0.3) is 0 Å². The van der Waals surface area contributed by atoms with Gasteiger partial charge in [0.15, 0.2) is 11.5 Å². The maximum atomic E-state index is 6.06. The fraction of sp³-hybridized carbons (Fsp3) is 0.250. The van der Waals surface area contributed by atoms with E-state index in [0.29, 0.717) is 11.5 Å². The van der Waals surface area contributed by atoms with Crippen LogP contribution in [0.5, 0.6) is 17.2 Å². The van der Waals surface area contributed by atoms with Gasteiger partial charge >= 0.3 is 0 Å². The topological polar surface area (TPSA) is 39.7 Å². The molecule has 1 aliphatic rings. The summed E-state index contributed by atoms with van der Waals surface area (Å²) in [5.74, 6) is 2.14. The molecule has 0 fully saturated rings. The number of benzene rings is 2. The van der Waals surface area contributed by atoms with Gasteiger partial charge in [-0.05, 0) is 5.56 Å². The standard InChI is InChI=1S/C16H17NO3/c1-18-14-8-12-13(9-15(14)19-2)20-16(10-17-12)11-6-4-3-5-7-11/h3-9,16-17H,10H2,1-2H3. The Kier molecular flexibility index (Phi) is 3.37. The van der Waals surface area contributed by atoms with Crippen LogP contribution in [-0.2, 0) is 0 Å². The van der Waals surface area contributed by atoms with Crippen molar-refractivity contribution in [3.8, 4) is 17.2 Å². The number of hydrogen-bond donors (Lipinski definition) is 1. The molecule has 0 radical (unpaired) electrons. The molecule has 0 aromatic heterocycles. The van der Waals surface area contributed by atoms with Gasteiger partial charge in [0, 0.05) is 12.1 Å². The largest absolute Gasteiger partial charge is 0.493 e. The number of nitrogens with one attached hydrogen (secondary N) is 1. The van der Waals surface area contributed by atoms with Crippen LogP contribution < -0.4 is 19.5 Å². The van der Waals surface area contributed by atoms with Crippen molar-refractivity contribution in [2.45, 2.75) is 6.10 Å². The summed E-state index contributed by atoms with van der Waals surface area (Å²) < 4.78 is 16.7. The summed E-state index contributed by atoms with van der Waals surface area (Å²) in [5, 5.41) is 3.38. The number of ether oxygens (including phenoxy) is 3. The highest BCUT2D eigenvalue weighted by atomic mass is 16.5. The van der Waals surface area contributed by atoms with Crippen molar-refractivity contribution in [1.29, 1.82) is 0 Å². The van der Waals surface area contributed by atoms with Crippen LogP contribution in [0.3, 0.4) is 0 Å². The molecule has 3 rings (SSSR count). The molecule has 0 spiro atoms. The molecule has 104 valence electrons. The Labute approximate surface area is 118 Å². The molecule has 1 aliphatic heterocycles. The van der Waals surface area contributed by atoms with E-state index in [2.05, 4.69) is 17.4 Å². The summed E-state index contributed by atoms with van der Waals surface area (Å²) in [6.45, 7) is 0.729. The van der Waals surface area contributed by atoms with E-state index in [4.69, 9.17) is 14.2 Å². The first-order chi connectivity index (χ1) is 9.81. The molecular formula is C16H17NO3. The zero-order valence-electron chi connectivity index (χ0n) is 11.6. The predicted molar refractivity (Wildman–Crippen MR) is 77.8 cm³/mol. The Morgan fingerprint density at radius 3 is 2.45 bits per heavy atom. The second-order valence-corrected chi connectivity index (χ2v) is 4.60. The van der Waals surface area contributed by atoms with Crippen molar-refractivity contribution in [3.63, 3.8) is 0 Å². The number of methoxy groups -OCH3 is 2. The molecule has 1 N–H and O–H groups in total. The van der Waals surface area contributed by atoms with E-state index >= 15 is 0 Å². The van der Waals surface area contributed by atoms with E-state index in [-0.39, 0.29) is 6.10 Å². The molecule has 1 atom stereocenters. The molecular weight excluding hydrogens is 254 g/mol. The Balaban J connectivity index is 1.91. The highest BCUT2D eigenvalue weighted by Crippen LogP contribution is 2.42. The van der Waals surface area contributed by atoms with Gasteiger partial charge in [-0.25, -0.2) is 0 Å². The zero-order chi connectivity index (χ0) is 13.9. The van der Waals surface area contributed by atoms with Crippen molar-refractivity contribution >= 4 is 5.69 Å². The van der Waals surface area contributed by atoms with Gasteiger partial charge in [-0.3, -0.25) is 0 Å². The van der Waals surface area contributed by atoms with E-state index < -0.39 is 0 Å². The Bertz CT molecular complexity index is 598. The maximum Gasteiger partial charge on any atom is 0.164 e. The van der Waals surface area contributed by atoms with E-state index in [1.165, 1.54) is 0 Å². The second-order valence-electron chi connectivity index (χ2n) is 4.60. The smallest absolute Gasteiger partial charge is 0.164 e. The molecule has 2 aromatic rings. The average molecular weight is 271 g/mol. The van der Waals surface area contributed by atoms with Gasteiger partial charge in [0.1, 0.15) is 11.9 Å². The molecule has 0 aliphatic carbocycles. The fourth-order valence-corrected chi connectivity index (χ4v) is 2.35. The molecule has 0 bridgehead atoms. The van der Waals surface area contributed by atoms with Crippen molar-refractivity contribution in [2.75, 3.05) is 26.1 Å². The van der Waals surface area contributed by atoms with E-state index in [9.17, 15) is 0 Å². The van der Waals surface area contributed by atoms with E-state index in [1.54, 1.807) is 14.2 Å². The summed E-state index contributed by atoms with van der Waals surface area (Å²) in [7, 11) is 3.25. The molecule has 4 nitrogen and oxygen atoms in total. The van der Waals surface area contributed by atoms with Crippen LogP contribution in [0.15, 0.2) is 42.5 Å². The third-order valence-electron chi connectivity index (χ3n) is 3.40. The maximum absolute atomic E-state index is 6.06. The van der Waals surface area contributed by atoms with Crippen molar-refractivity contribution in [3.05, 3.63) is 48.0 Å².